The molecule has 2 N–H and O–H groups in total. The van der Waals surface area contributed by atoms with Crippen molar-refractivity contribution in [2.45, 2.75) is 10.6 Å². The van der Waals surface area contributed by atoms with Crippen LogP contribution in [0.15, 0.2) is 101 Å². The number of aromatic nitrogens is 4. The van der Waals surface area contributed by atoms with Crippen LogP contribution in [0.5, 0.6) is 5.75 Å². The van der Waals surface area contributed by atoms with Gasteiger partial charge in [-0.2, -0.15) is 9.50 Å². The van der Waals surface area contributed by atoms with Crippen LogP contribution < -0.4 is 15.6 Å². The van der Waals surface area contributed by atoms with E-state index >= 15 is 0 Å². The van der Waals surface area contributed by atoms with E-state index < -0.39 is 0 Å². The highest BCUT2D eigenvalue weighted by atomic mass is 32.2. The van der Waals surface area contributed by atoms with E-state index in [9.17, 15) is 9.59 Å². The number of H-pyrrole nitrogens is 1. The van der Waals surface area contributed by atoms with Gasteiger partial charge in [-0.3, -0.25) is 14.7 Å². The molecule has 0 spiro atoms. The first-order valence-corrected chi connectivity index (χ1v) is 11.9. The monoisotopic (exact) mass is 483 g/mol. The molecule has 5 rings (SSSR count). The second kappa shape index (κ2) is 10.3. The third kappa shape index (κ3) is 5.42. The average molecular weight is 484 g/mol. The number of nitrogens with zero attached hydrogens (tertiary/aromatic N) is 3. The lowest BCUT2D eigenvalue weighted by Crippen LogP contribution is -2.20. The lowest BCUT2D eigenvalue weighted by Gasteiger charge is -2.11. The number of benzene rings is 3. The number of hydrogen-bond donors (Lipinski definition) is 2. The van der Waals surface area contributed by atoms with Crippen LogP contribution in [0.4, 0.5) is 5.69 Å². The Kier molecular flexibility index (Phi) is 6.58. The Hall–Kier alpha value is -4.37. The van der Waals surface area contributed by atoms with Gasteiger partial charge in [-0.1, -0.05) is 60.7 Å². The molecule has 0 aliphatic rings. The minimum atomic E-state index is -0.260. The van der Waals surface area contributed by atoms with Crippen LogP contribution in [0.1, 0.15) is 5.69 Å². The molecule has 8 nitrogen and oxygen atoms in total. The number of amides is 1. The highest BCUT2D eigenvalue weighted by Gasteiger charge is 2.12. The Bertz CT molecular complexity index is 1520. The van der Waals surface area contributed by atoms with Gasteiger partial charge in [0.15, 0.2) is 12.4 Å². The van der Waals surface area contributed by atoms with Crippen molar-refractivity contribution in [3.63, 3.8) is 0 Å². The molecule has 3 aromatic carbocycles. The van der Waals surface area contributed by atoms with Gasteiger partial charge in [-0.05, 0) is 24.3 Å². The largest absolute Gasteiger partial charge is 0.484 e. The van der Waals surface area contributed by atoms with Gasteiger partial charge in [0.1, 0.15) is 5.75 Å². The van der Waals surface area contributed by atoms with Crippen molar-refractivity contribution in [1.82, 2.24) is 19.6 Å². The predicted molar refractivity (Wildman–Crippen MR) is 136 cm³/mol. The zero-order valence-electron chi connectivity index (χ0n) is 18.5. The maximum absolute atomic E-state index is 12.6. The number of carbonyl (C=O) groups excluding carboxylic acids is 1. The maximum atomic E-state index is 12.6. The standard InChI is InChI=1S/C26H21N5O3S/c32-23(16-34-20-11-5-2-6-12-20)28-21-13-7-8-14-22(21)35-17-19-15-24(33)31-26(27-19)29-25(30-31)18-9-3-1-4-10-18/h1-15H,16-17H2,(H,28,32)(H,27,29,30). The third-order valence-corrected chi connectivity index (χ3v) is 6.19. The second-order valence-corrected chi connectivity index (χ2v) is 8.61. The number of anilines is 1. The Balaban J connectivity index is 1.27. The fourth-order valence-electron chi connectivity index (χ4n) is 3.43. The van der Waals surface area contributed by atoms with Crippen molar-refractivity contribution in [2.24, 2.45) is 0 Å². The summed E-state index contributed by atoms with van der Waals surface area (Å²) in [5.74, 6) is 1.70. The summed E-state index contributed by atoms with van der Waals surface area (Å²) in [6.45, 7) is -0.0963. The summed E-state index contributed by atoms with van der Waals surface area (Å²) in [7, 11) is 0. The minimum absolute atomic E-state index is 0.0963. The van der Waals surface area contributed by atoms with Gasteiger partial charge in [0.25, 0.3) is 17.2 Å². The van der Waals surface area contributed by atoms with E-state index in [1.807, 2.05) is 72.8 Å². The van der Waals surface area contributed by atoms with Crippen molar-refractivity contribution in [1.29, 1.82) is 0 Å². The van der Waals surface area contributed by atoms with Crippen LogP contribution in [-0.4, -0.2) is 32.1 Å². The molecule has 0 saturated carbocycles. The number of thioether (sulfide) groups is 1. The van der Waals surface area contributed by atoms with Crippen LogP contribution in [0.2, 0.25) is 0 Å². The van der Waals surface area contributed by atoms with Gasteiger partial charge < -0.3 is 10.1 Å². The van der Waals surface area contributed by atoms with Gasteiger partial charge in [0, 0.05) is 22.3 Å². The zero-order chi connectivity index (χ0) is 24.0. The van der Waals surface area contributed by atoms with E-state index in [1.165, 1.54) is 22.3 Å². The van der Waals surface area contributed by atoms with Crippen LogP contribution in [0.3, 0.4) is 0 Å². The predicted octanol–water partition coefficient (Wildman–Crippen LogP) is 4.39. The molecule has 0 fully saturated rings. The molecule has 0 atom stereocenters. The number of carbonyl (C=O) groups is 1. The fourth-order valence-corrected chi connectivity index (χ4v) is 4.33. The maximum Gasteiger partial charge on any atom is 0.274 e. The SMILES string of the molecule is O=C(COc1ccccc1)Nc1ccccc1SCc1cc(=O)n2[nH]c(-c3ccccc3)nc2n1. The highest BCUT2D eigenvalue weighted by molar-refractivity contribution is 7.98. The van der Waals surface area contributed by atoms with Crippen molar-refractivity contribution in [3.8, 4) is 17.1 Å². The van der Waals surface area contributed by atoms with Gasteiger partial charge in [-0.15, -0.1) is 11.8 Å². The quantitative estimate of drug-likeness (QED) is 0.317. The van der Waals surface area contributed by atoms with E-state index in [1.54, 1.807) is 12.1 Å². The fraction of sp³-hybridized carbons (Fsp3) is 0.0769. The van der Waals surface area contributed by atoms with Crippen LogP contribution >= 0.6 is 11.8 Å². The minimum Gasteiger partial charge on any atom is -0.484 e. The Morgan fingerprint density at radius 1 is 0.943 bits per heavy atom. The number of aromatic amines is 1. The summed E-state index contributed by atoms with van der Waals surface area (Å²) >= 11 is 1.47. The van der Waals surface area contributed by atoms with Crippen molar-refractivity contribution in [3.05, 3.63) is 107 Å². The molecule has 35 heavy (non-hydrogen) atoms. The van der Waals surface area contributed by atoms with E-state index in [2.05, 4.69) is 20.4 Å². The van der Waals surface area contributed by atoms with Crippen molar-refractivity contribution < 1.29 is 9.53 Å². The van der Waals surface area contributed by atoms with Gasteiger partial charge >= 0.3 is 0 Å². The first-order valence-electron chi connectivity index (χ1n) is 10.9. The molecule has 9 heteroatoms. The number of rotatable bonds is 8. The molecule has 0 radical (unpaired) electrons. The lowest BCUT2D eigenvalue weighted by molar-refractivity contribution is -0.118. The molecule has 0 saturated heterocycles. The van der Waals surface area contributed by atoms with Gasteiger partial charge in [-0.25, -0.2) is 4.98 Å². The first kappa shape index (κ1) is 22.4. The van der Waals surface area contributed by atoms with Crippen LogP contribution in [-0.2, 0) is 10.5 Å². The first-order chi connectivity index (χ1) is 17.2. The topological polar surface area (TPSA) is 101 Å². The molecule has 1 amide bonds. The van der Waals surface area contributed by atoms with Crippen molar-refractivity contribution in [2.75, 3.05) is 11.9 Å². The van der Waals surface area contributed by atoms with Crippen LogP contribution in [0, 0.1) is 0 Å². The number of hydrogen-bond acceptors (Lipinski definition) is 6. The molecular formula is C26H21N5O3S. The van der Waals surface area contributed by atoms with Gasteiger partial charge in [0.05, 0.1) is 11.4 Å². The molecule has 174 valence electrons. The highest BCUT2D eigenvalue weighted by Crippen LogP contribution is 2.29. The van der Waals surface area contributed by atoms with E-state index in [-0.39, 0.29) is 18.1 Å². The normalized spacial score (nSPS) is 10.9. The second-order valence-electron chi connectivity index (χ2n) is 7.59. The van der Waals surface area contributed by atoms with Gasteiger partial charge in [0.2, 0.25) is 0 Å². The molecule has 2 heterocycles. The summed E-state index contributed by atoms with van der Waals surface area (Å²) in [5, 5.41) is 5.89. The summed E-state index contributed by atoms with van der Waals surface area (Å²) < 4.78 is 6.85. The molecule has 2 aromatic heterocycles. The summed E-state index contributed by atoms with van der Waals surface area (Å²) in [5.41, 5.74) is 1.90. The number of para-hydroxylation sites is 2. The summed E-state index contributed by atoms with van der Waals surface area (Å²) in [6, 6.07) is 27.7. The van der Waals surface area contributed by atoms with Crippen LogP contribution in [0.25, 0.3) is 17.2 Å². The third-order valence-electron chi connectivity index (χ3n) is 5.08. The molecule has 0 bridgehead atoms. The molecule has 0 unspecified atom stereocenters. The zero-order valence-corrected chi connectivity index (χ0v) is 19.4. The number of ether oxygens (including phenoxy) is 1. The molecule has 5 aromatic rings. The molecule has 0 aliphatic heterocycles. The van der Waals surface area contributed by atoms with Crippen molar-refractivity contribution >= 4 is 29.1 Å². The van der Waals surface area contributed by atoms with E-state index in [0.717, 1.165) is 10.5 Å². The number of nitrogens with one attached hydrogen (secondary N) is 2. The molecular weight excluding hydrogens is 462 g/mol. The van der Waals surface area contributed by atoms with E-state index in [0.29, 0.717) is 34.5 Å². The Morgan fingerprint density at radius 3 is 2.46 bits per heavy atom. The van der Waals surface area contributed by atoms with E-state index in [4.69, 9.17) is 4.74 Å². The lowest BCUT2D eigenvalue weighted by atomic mass is 10.2. The summed E-state index contributed by atoms with van der Waals surface area (Å²) in [6.07, 6.45) is 0. The number of fused-ring (bicyclic) bond motifs is 1. The summed E-state index contributed by atoms with van der Waals surface area (Å²) in [4.78, 5) is 34.9. The Morgan fingerprint density at radius 2 is 1.66 bits per heavy atom. The Labute approximate surface area is 205 Å². The molecule has 0 aliphatic carbocycles. The average Bonchev–Trinajstić information content (AvgIpc) is 3.33. The smallest absolute Gasteiger partial charge is 0.274 e.